The Hall–Kier alpha value is -2.44. The fourth-order valence-corrected chi connectivity index (χ4v) is 4.32. The second-order valence-electron chi connectivity index (χ2n) is 7.78. The highest BCUT2D eigenvalue weighted by Crippen LogP contribution is 2.20. The molecule has 0 saturated carbocycles. The zero-order valence-corrected chi connectivity index (χ0v) is 17.3. The maximum atomic E-state index is 12.8. The standard InChI is InChI=1S/C22H27ClN4O2/c23-18-2-1-3-20(16-18)26-10-8-24(9-11-26)17-22(29)27-14-12-25(13-15-27)19-4-6-21(28)7-5-19/h1-7,16,28H,8-15,17H2/p+1. The third-order valence-corrected chi connectivity index (χ3v) is 6.13. The number of aromatic hydroxyl groups is 1. The van der Waals surface area contributed by atoms with Crippen LogP contribution in [0.5, 0.6) is 5.75 Å². The first-order chi connectivity index (χ1) is 14.1. The van der Waals surface area contributed by atoms with Crippen LogP contribution in [-0.2, 0) is 4.79 Å². The summed E-state index contributed by atoms with van der Waals surface area (Å²) in [5.41, 5.74) is 2.26. The number of nitrogens with zero attached hydrogens (tertiary/aromatic N) is 3. The lowest BCUT2D eigenvalue weighted by atomic mass is 10.2. The summed E-state index contributed by atoms with van der Waals surface area (Å²) in [6, 6.07) is 15.2. The van der Waals surface area contributed by atoms with Crippen molar-refractivity contribution in [2.75, 3.05) is 68.7 Å². The van der Waals surface area contributed by atoms with Gasteiger partial charge in [0, 0.05) is 42.6 Å². The lowest BCUT2D eigenvalue weighted by Gasteiger charge is -2.37. The third kappa shape index (κ3) is 4.95. The molecular weight excluding hydrogens is 388 g/mol. The fraction of sp³-hybridized carbons (Fsp3) is 0.409. The van der Waals surface area contributed by atoms with Gasteiger partial charge in [0.1, 0.15) is 5.75 Å². The highest BCUT2D eigenvalue weighted by molar-refractivity contribution is 6.30. The van der Waals surface area contributed by atoms with Crippen molar-refractivity contribution >= 4 is 28.9 Å². The van der Waals surface area contributed by atoms with Gasteiger partial charge in [0.2, 0.25) is 0 Å². The summed E-state index contributed by atoms with van der Waals surface area (Å²) in [5, 5.41) is 10.2. The van der Waals surface area contributed by atoms with Crippen molar-refractivity contribution in [1.29, 1.82) is 0 Å². The molecule has 2 aliphatic heterocycles. The van der Waals surface area contributed by atoms with Gasteiger partial charge in [-0.3, -0.25) is 4.79 Å². The van der Waals surface area contributed by atoms with Crippen LogP contribution in [0, 0.1) is 0 Å². The Morgan fingerprint density at radius 3 is 2.21 bits per heavy atom. The molecule has 2 aliphatic rings. The molecule has 0 radical (unpaired) electrons. The van der Waals surface area contributed by atoms with Crippen LogP contribution in [0.25, 0.3) is 0 Å². The Morgan fingerprint density at radius 1 is 0.897 bits per heavy atom. The van der Waals surface area contributed by atoms with E-state index in [1.165, 1.54) is 4.90 Å². The molecule has 7 heteroatoms. The molecule has 0 spiro atoms. The predicted molar refractivity (Wildman–Crippen MR) is 116 cm³/mol. The summed E-state index contributed by atoms with van der Waals surface area (Å²) in [6.45, 7) is 7.54. The summed E-state index contributed by atoms with van der Waals surface area (Å²) in [5.74, 6) is 0.530. The van der Waals surface area contributed by atoms with Crippen LogP contribution in [0.15, 0.2) is 48.5 Å². The van der Waals surface area contributed by atoms with Gasteiger partial charge in [-0.1, -0.05) is 17.7 Å². The highest BCUT2D eigenvalue weighted by atomic mass is 35.5. The molecule has 2 fully saturated rings. The van der Waals surface area contributed by atoms with Gasteiger partial charge < -0.3 is 24.7 Å². The minimum Gasteiger partial charge on any atom is -0.508 e. The van der Waals surface area contributed by atoms with E-state index in [0.29, 0.717) is 6.54 Å². The molecular formula is C22H28ClN4O2+. The molecule has 154 valence electrons. The number of hydrogen-bond acceptors (Lipinski definition) is 4. The number of phenolic OH excluding ortho intramolecular Hbond substituents is 1. The van der Waals surface area contributed by atoms with E-state index in [2.05, 4.69) is 15.9 Å². The molecule has 2 aromatic carbocycles. The maximum Gasteiger partial charge on any atom is 0.277 e. The molecule has 1 amide bonds. The topological polar surface area (TPSA) is 51.5 Å². The van der Waals surface area contributed by atoms with Crippen molar-refractivity contribution in [3.8, 4) is 5.75 Å². The van der Waals surface area contributed by atoms with Crippen LogP contribution in [0.2, 0.25) is 5.02 Å². The average Bonchev–Trinajstić information content (AvgIpc) is 2.75. The Labute approximate surface area is 176 Å². The number of hydrogen-bond donors (Lipinski definition) is 2. The molecule has 4 rings (SSSR count). The van der Waals surface area contributed by atoms with Gasteiger partial charge in [-0.25, -0.2) is 0 Å². The Morgan fingerprint density at radius 2 is 1.55 bits per heavy atom. The van der Waals surface area contributed by atoms with E-state index < -0.39 is 0 Å². The van der Waals surface area contributed by atoms with Gasteiger partial charge in [0.25, 0.3) is 5.91 Å². The normalized spacial score (nSPS) is 18.2. The number of anilines is 2. The van der Waals surface area contributed by atoms with Crippen LogP contribution in [0.3, 0.4) is 0 Å². The van der Waals surface area contributed by atoms with Crippen LogP contribution in [0.4, 0.5) is 11.4 Å². The second-order valence-corrected chi connectivity index (χ2v) is 8.21. The van der Waals surface area contributed by atoms with Gasteiger partial charge in [-0.15, -0.1) is 0 Å². The summed E-state index contributed by atoms with van der Waals surface area (Å²) in [4.78, 5) is 20.7. The van der Waals surface area contributed by atoms with E-state index in [1.807, 2.05) is 35.2 Å². The van der Waals surface area contributed by atoms with Crippen molar-refractivity contribution in [1.82, 2.24) is 4.90 Å². The minimum absolute atomic E-state index is 0.251. The molecule has 0 aromatic heterocycles. The van der Waals surface area contributed by atoms with Crippen molar-refractivity contribution in [3.05, 3.63) is 53.6 Å². The number of phenols is 1. The molecule has 0 aliphatic carbocycles. The first-order valence-corrected chi connectivity index (χ1v) is 10.6. The summed E-state index contributed by atoms with van der Waals surface area (Å²) in [6.07, 6.45) is 0. The molecule has 6 nitrogen and oxygen atoms in total. The van der Waals surface area contributed by atoms with Gasteiger partial charge in [-0.05, 0) is 42.5 Å². The lowest BCUT2D eigenvalue weighted by Crippen LogP contribution is -3.16. The number of carbonyl (C=O) groups is 1. The number of rotatable bonds is 4. The zero-order chi connectivity index (χ0) is 20.2. The number of halogens is 1. The van der Waals surface area contributed by atoms with E-state index in [1.54, 1.807) is 12.1 Å². The average molecular weight is 416 g/mol. The van der Waals surface area contributed by atoms with E-state index in [4.69, 9.17) is 11.6 Å². The monoisotopic (exact) mass is 415 g/mol. The third-order valence-electron chi connectivity index (χ3n) is 5.89. The molecule has 0 unspecified atom stereocenters. The number of carbonyl (C=O) groups excluding carboxylic acids is 1. The predicted octanol–water partition coefficient (Wildman–Crippen LogP) is 1.10. The molecule has 2 N–H and O–H groups in total. The SMILES string of the molecule is O=C(C[NH+]1CCN(c2cccc(Cl)c2)CC1)N1CCN(c2ccc(O)cc2)CC1. The molecule has 2 aromatic rings. The second kappa shape index (κ2) is 8.93. The van der Waals surface area contributed by atoms with Crippen molar-refractivity contribution in [2.24, 2.45) is 0 Å². The Balaban J connectivity index is 1.23. The van der Waals surface area contributed by atoms with Crippen molar-refractivity contribution in [3.63, 3.8) is 0 Å². The molecule has 2 heterocycles. The number of nitrogens with one attached hydrogen (secondary N) is 1. The van der Waals surface area contributed by atoms with Crippen molar-refractivity contribution < 1.29 is 14.8 Å². The lowest BCUT2D eigenvalue weighted by molar-refractivity contribution is -0.892. The first-order valence-electron chi connectivity index (χ1n) is 10.2. The molecule has 0 atom stereocenters. The van der Waals surface area contributed by atoms with Gasteiger partial charge in [0.05, 0.1) is 26.2 Å². The van der Waals surface area contributed by atoms with E-state index in [-0.39, 0.29) is 11.7 Å². The van der Waals surface area contributed by atoms with Gasteiger partial charge in [0.15, 0.2) is 6.54 Å². The van der Waals surface area contributed by atoms with Crippen LogP contribution < -0.4 is 14.7 Å². The van der Waals surface area contributed by atoms with Crippen molar-refractivity contribution in [2.45, 2.75) is 0 Å². The summed E-state index contributed by atoms with van der Waals surface area (Å²) in [7, 11) is 0. The van der Waals surface area contributed by atoms with Crippen LogP contribution in [0.1, 0.15) is 0 Å². The first kappa shape index (κ1) is 19.9. The quantitative estimate of drug-likeness (QED) is 0.785. The van der Waals surface area contributed by atoms with E-state index in [9.17, 15) is 9.90 Å². The van der Waals surface area contributed by atoms with Gasteiger partial charge >= 0.3 is 0 Å². The molecule has 0 bridgehead atoms. The Kier molecular flexibility index (Phi) is 6.11. The molecule has 2 saturated heterocycles. The van der Waals surface area contributed by atoms with Crippen LogP contribution >= 0.6 is 11.6 Å². The minimum atomic E-state index is 0.251. The number of quaternary nitrogens is 1. The van der Waals surface area contributed by atoms with E-state index >= 15 is 0 Å². The number of piperazine rings is 2. The summed E-state index contributed by atoms with van der Waals surface area (Å²) < 4.78 is 0. The van der Waals surface area contributed by atoms with Gasteiger partial charge in [-0.2, -0.15) is 0 Å². The van der Waals surface area contributed by atoms with Crippen LogP contribution in [-0.4, -0.2) is 74.8 Å². The van der Waals surface area contributed by atoms with E-state index in [0.717, 1.165) is 68.8 Å². The summed E-state index contributed by atoms with van der Waals surface area (Å²) >= 11 is 6.11. The fourth-order valence-electron chi connectivity index (χ4n) is 4.13. The highest BCUT2D eigenvalue weighted by Gasteiger charge is 2.27. The zero-order valence-electron chi connectivity index (χ0n) is 16.6. The number of benzene rings is 2. The largest absolute Gasteiger partial charge is 0.508 e. The maximum absolute atomic E-state index is 12.8. The number of amides is 1. The smallest absolute Gasteiger partial charge is 0.277 e. The Bertz CT molecular complexity index is 829. The molecule has 29 heavy (non-hydrogen) atoms.